The molecule has 3 heteroatoms. The largest absolute Gasteiger partial charge is 0.377 e. The van der Waals surface area contributed by atoms with Crippen molar-refractivity contribution in [1.82, 2.24) is 5.32 Å². The number of rotatable bonds is 8. The minimum absolute atomic E-state index is 0.0546. The summed E-state index contributed by atoms with van der Waals surface area (Å²) in [5.74, 6) is 0.850. The van der Waals surface area contributed by atoms with Crippen molar-refractivity contribution in [2.45, 2.75) is 52.2 Å². The van der Waals surface area contributed by atoms with Crippen LogP contribution in [0.25, 0.3) is 0 Å². The maximum atomic E-state index is 5.66. The Bertz CT molecular complexity index is 185. The Hall–Kier alpha value is -0.120. The smallest absolute Gasteiger partial charge is 0.0707 e. The van der Waals surface area contributed by atoms with Crippen LogP contribution in [0.1, 0.15) is 40.5 Å². The van der Waals surface area contributed by atoms with Gasteiger partial charge in [-0.25, -0.2) is 0 Å². The highest BCUT2D eigenvalue weighted by molar-refractivity contribution is 4.85. The summed E-state index contributed by atoms with van der Waals surface area (Å²) in [6.45, 7) is 11.6. The van der Waals surface area contributed by atoms with Gasteiger partial charge in [0.1, 0.15) is 0 Å². The summed E-state index contributed by atoms with van der Waals surface area (Å²) in [7, 11) is 0. The van der Waals surface area contributed by atoms with E-state index in [4.69, 9.17) is 9.47 Å². The quantitative estimate of drug-likeness (QED) is 0.647. The maximum Gasteiger partial charge on any atom is 0.0707 e. The van der Waals surface area contributed by atoms with Crippen molar-refractivity contribution in [3.05, 3.63) is 0 Å². The van der Waals surface area contributed by atoms with Gasteiger partial charge in [0.2, 0.25) is 0 Å². The standard InChI is InChI=1S/C13H27NO2/c1-5-14-12(11-6-7-11)10-15-8-9-16-13(2,3)4/h11-12,14H,5-10H2,1-4H3. The van der Waals surface area contributed by atoms with Crippen LogP contribution in [0.4, 0.5) is 0 Å². The molecule has 96 valence electrons. The molecule has 0 bridgehead atoms. The van der Waals surface area contributed by atoms with E-state index >= 15 is 0 Å². The lowest BCUT2D eigenvalue weighted by atomic mass is 10.2. The molecular formula is C13H27NO2. The third-order valence-electron chi connectivity index (χ3n) is 2.72. The van der Waals surface area contributed by atoms with Crippen molar-refractivity contribution in [3.8, 4) is 0 Å². The van der Waals surface area contributed by atoms with E-state index in [2.05, 4.69) is 33.0 Å². The van der Waals surface area contributed by atoms with E-state index in [1.807, 2.05) is 0 Å². The number of hydrogen-bond acceptors (Lipinski definition) is 3. The van der Waals surface area contributed by atoms with Gasteiger partial charge in [-0.1, -0.05) is 6.92 Å². The van der Waals surface area contributed by atoms with Gasteiger partial charge in [0, 0.05) is 6.04 Å². The van der Waals surface area contributed by atoms with Gasteiger partial charge in [0.15, 0.2) is 0 Å². The van der Waals surface area contributed by atoms with Gasteiger partial charge in [-0.2, -0.15) is 0 Å². The zero-order valence-corrected chi connectivity index (χ0v) is 11.2. The van der Waals surface area contributed by atoms with Crippen LogP contribution in [0.2, 0.25) is 0 Å². The highest BCUT2D eigenvalue weighted by atomic mass is 16.5. The predicted molar refractivity (Wildman–Crippen MR) is 66.7 cm³/mol. The normalized spacial score (nSPS) is 18.8. The zero-order valence-electron chi connectivity index (χ0n) is 11.2. The molecule has 1 fully saturated rings. The molecule has 0 saturated heterocycles. The Morgan fingerprint density at radius 3 is 2.44 bits per heavy atom. The van der Waals surface area contributed by atoms with E-state index in [0.29, 0.717) is 19.3 Å². The number of hydrogen-bond donors (Lipinski definition) is 1. The molecule has 0 aromatic rings. The summed E-state index contributed by atoms with van der Waals surface area (Å²) >= 11 is 0. The van der Waals surface area contributed by atoms with Gasteiger partial charge in [0.05, 0.1) is 25.4 Å². The molecule has 1 aliphatic carbocycles. The molecule has 3 nitrogen and oxygen atoms in total. The molecule has 0 aromatic carbocycles. The van der Waals surface area contributed by atoms with Crippen molar-refractivity contribution in [2.24, 2.45) is 5.92 Å². The van der Waals surface area contributed by atoms with E-state index in [9.17, 15) is 0 Å². The summed E-state index contributed by atoms with van der Waals surface area (Å²) in [4.78, 5) is 0. The Morgan fingerprint density at radius 1 is 1.25 bits per heavy atom. The van der Waals surface area contributed by atoms with Crippen molar-refractivity contribution < 1.29 is 9.47 Å². The van der Waals surface area contributed by atoms with Gasteiger partial charge in [-0.05, 0) is 46.1 Å². The Morgan fingerprint density at radius 2 is 1.94 bits per heavy atom. The Kier molecular flexibility index (Phi) is 5.73. The predicted octanol–water partition coefficient (Wildman–Crippen LogP) is 2.21. The van der Waals surface area contributed by atoms with Crippen LogP contribution >= 0.6 is 0 Å². The van der Waals surface area contributed by atoms with E-state index in [1.165, 1.54) is 12.8 Å². The Labute approximate surface area is 99.9 Å². The first-order chi connectivity index (χ1) is 7.53. The van der Waals surface area contributed by atoms with Gasteiger partial charge in [0.25, 0.3) is 0 Å². The molecule has 1 atom stereocenters. The summed E-state index contributed by atoms with van der Waals surface area (Å²) in [6, 6.07) is 0.555. The minimum atomic E-state index is -0.0546. The van der Waals surface area contributed by atoms with E-state index in [0.717, 1.165) is 19.1 Å². The molecule has 1 saturated carbocycles. The van der Waals surface area contributed by atoms with Crippen LogP contribution in [0.3, 0.4) is 0 Å². The van der Waals surface area contributed by atoms with Crippen LogP contribution in [0, 0.1) is 5.92 Å². The molecular weight excluding hydrogens is 202 g/mol. The molecule has 16 heavy (non-hydrogen) atoms. The van der Waals surface area contributed by atoms with Gasteiger partial charge in [-0.3, -0.25) is 0 Å². The molecule has 0 amide bonds. The topological polar surface area (TPSA) is 30.5 Å². The average molecular weight is 229 g/mol. The molecule has 1 aliphatic rings. The SMILES string of the molecule is CCNC(COCCOC(C)(C)C)C1CC1. The monoisotopic (exact) mass is 229 g/mol. The first-order valence-corrected chi connectivity index (χ1v) is 6.48. The summed E-state index contributed by atoms with van der Waals surface area (Å²) < 4.78 is 11.3. The Balaban J connectivity index is 2.00. The van der Waals surface area contributed by atoms with E-state index in [-0.39, 0.29) is 5.60 Å². The summed E-state index contributed by atoms with van der Waals surface area (Å²) in [5.41, 5.74) is -0.0546. The lowest BCUT2D eigenvalue weighted by Gasteiger charge is -2.21. The van der Waals surface area contributed by atoms with Crippen LogP contribution in [0.5, 0.6) is 0 Å². The second kappa shape index (κ2) is 6.58. The number of ether oxygens (including phenoxy) is 2. The molecule has 0 heterocycles. The molecule has 0 radical (unpaired) electrons. The van der Waals surface area contributed by atoms with Crippen molar-refractivity contribution in [1.29, 1.82) is 0 Å². The van der Waals surface area contributed by atoms with Gasteiger partial charge < -0.3 is 14.8 Å². The highest BCUT2D eigenvalue weighted by Crippen LogP contribution is 2.32. The fourth-order valence-electron chi connectivity index (χ4n) is 1.74. The van der Waals surface area contributed by atoms with Crippen LogP contribution in [-0.4, -0.2) is 38.0 Å². The van der Waals surface area contributed by atoms with Crippen molar-refractivity contribution in [2.75, 3.05) is 26.4 Å². The highest BCUT2D eigenvalue weighted by Gasteiger charge is 2.30. The van der Waals surface area contributed by atoms with Crippen molar-refractivity contribution >= 4 is 0 Å². The third kappa shape index (κ3) is 6.46. The van der Waals surface area contributed by atoms with Gasteiger partial charge >= 0.3 is 0 Å². The molecule has 0 aliphatic heterocycles. The fraction of sp³-hybridized carbons (Fsp3) is 1.00. The van der Waals surface area contributed by atoms with E-state index in [1.54, 1.807) is 0 Å². The van der Waals surface area contributed by atoms with Crippen LogP contribution in [0.15, 0.2) is 0 Å². The first kappa shape index (κ1) is 13.9. The van der Waals surface area contributed by atoms with Gasteiger partial charge in [-0.15, -0.1) is 0 Å². The summed E-state index contributed by atoms with van der Waals surface area (Å²) in [5, 5.41) is 3.49. The molecule has 0 spiro atoms. The average Bonchev–Trinajstić information content (AvgIpc) is 2.97. The maximum absolute atomic E-state index is 5.66. The zero-order chi connectivity index (χ0) is 12.0. The fourth-order valence-corrected chi connectivity index (χ4v) is 1.74. The lowest BCUT2D eigenvalue weighted by molar-refractivity contribution is -0.0378. The van der Waals surface area contributed by atoms with Crippen LogP contribution in [-0.2, 0) is 9.47 Å². The molecule has 0 aromatic heterocycles. The second-order valence-corrected chi connectivity index (χ2v) is 5.54. The summed E-state index contributed by atoms with van der Waals surface area (Å²) in [6.07, 6.45) is 2.72. The number of likely N-dealkylation sites (N-methyl/N-ethyl adjacent to an activating group) is 1. The van der Waals surface area contributed by atoms with Crippen molar-refractivity contribution in [3.63, 3.8) is 0 Å². The third-order valence-corrected chi connectivity index (χ3v) is 2.72. The van der Waals surface area contributed by atoms with Crippen LogP contribution < -0.4 is 5.32 Å². The second-order valence-electron chi connectivity index (χ2n) is 5.54. The van der Waals surface area contributed by atoms with E-state index < -0.39 is 0 Å². The molecule has 1 rings (SSSR count). The number of nitrogens with one attached hydrogen (secondary N) is 1. The molecule has 1 N–H and O–H groups in total. The minimum Gasteiger partial charge on any atom is -0.377 e. The molecule has 1 unspecified atom stereocenters. The lowest BCUT2D eigenvalue weighted by Crippen LogP contribution is -2.35. The first-order valence-electron chi connectivity index (χ1n) is 6.48.